The molecule has 0 amide bonds. The highest BCUT2D eigenvalue weighted by Crippen LogP contribution is 2.37. The fourth-order valence-corrected chi connectivity index (χ4v) is 4.24. The molecule has 1 aliphatic rings. The molecule has 4 rings (SSSR count). The van der Waals surface area contributed by atoms with Gasteiger partial charge in [-0.05, 0) is 59.5 Å². The molecule has 0 N–H and O–H groups in total. The molecule has 116 valence electrons. The second-order valence-corrected chi connectivity index (χ2v) is 7.34. The third kappa shape index (κ3) is 2.48. The van der Waals surface area contributed by atoms with Gasteiger partial charge in [0.15, 0.2) is 5.65 Å². The van der Waals surface area contributed by atoms with Crippen molar-refractivity contribution in [3.63, 3.8) is 0 Å². The van der Waals surface area contributed by atoms with E-state index in [1.54, 1.807) is 0 Å². The number of anilines is 1. The first-order chi connectivity index (χ1) is 11.1. The lowest BCUT2D eigenvalue weighted by atomic mass is 10.2. The predicted molar refractivity (Wildman–Crippen MR) is 102 cm³/mol. The van der Waals surface area contributed by atoms with Crippen LogP contribution in [0.3, 0.4) is 0 Å². The number of pyridine rings is 1. The van der Waals surface area contributed by atoms with Crippen molar-refractivity contribution in [2.45, 2.75) is 13.8 Å². The van der Waals surface area contributed by atoms with Gasteiger partial charge in [0.2, 0.25) is 0 Å². The zero-order chi connectivity index (χ0) is 16.0. The zero-order valence-electron chi connectivity index (χ0n) is 13.0. The van der Waals surface area contributed by atoms with Gasteiger partial charge < -0.3 is 4.90 Å². The van der Waals surface area contributed by atoms with Crippen LogP contribution < -0.4 is 4.90 Å². The highest BCUT2D eigenvalue weighted by atomic mass is 79.9. The summed E-state index contributed by atoms with van der Waals surface area (Å²) in [6.45, 7) is 4.19. The number of benzene rings is 1. The first kappa shape index (κ1) is 14.8. The summed E-state index contributed by atoms with van der Waals surface area (Å²) in [5, 5.41) is 2.23. The highest BCUT2D eigenvalue weighted by Gasteiger charge is 2.24. The maximum Gasteiger partial charge on any atom is 0.151 e. The SMILES string of the molecule is Cc1ccc(N2CSC=C2c2c(C)nc3c(Br)cccn23)cc1. The fraction of sp³-hybridized carbons (Fsp3) is 0.167. The highest BCUT2D eigenvalue weighted by molar-refractivity contribution is 9.10. The van der Waals surface area contributed by atoms with Crippen molar-refractivity contribution in [3.8, 4) is 0 Å². The molecular formula is C18H16BrN3S. The Morgan fingerprint density at radius 1 is 1.13 bits per heavy atom. The van der Waals surface area contributed by atoms with Crippen LogP contribution in [0.2, 0.25) is 0 Å². The molecular weight excluding hydrogens is 370 g/mol. The summed E-state index contributed by atoms with van der Waals surface area (Å²) in [7, 11) is 0. The number of rotatable bonds is 2. The summed E-state index contributed by atoms with van der Waals surface area (Å²) in [5.74, 6) is 0.930. The summed E-state index contributed by atoms with van der Waals surface area (Å²) < 4.78 is 3.18. The predicted octanol–water partition coefficient (Wildman–Crippen LogP) is 5.22. The number of nitrogens with zero attached hydrogens (tertiary/aromatic N) is 3. The Kier molecular flexibility index (Phi) is 3.70. The Labute approximate surface area is 148 Å². The van der Waals surface area contributed by atoms with Gasteiger partial charge in [0.05, 0.1) is 27.4 Å². The van der Waals surface area contributed by atoms with Gasteiger partial charge in [-0.1, -0.05) is 17.7 Å². The minimum Gasteiger partial charge on any atom is -0.329 e. The number of halogens is 1. The number of imidazole rings is 1. The van der Waals surface area contributed by atoms with Crippen LogP contribution in [0.5, 0.6) is 0 Å². The maximum absolute atomic E-state index is 4.74. The van der Waals surface area contributed by atoms with Gasteiger partial charge in [0.1, 0.15) is 0 Å². The van der Waals surface area contributed by atoms with Crippen molar-refractivity contribution >= 4 is 44.7 Å². The normalized spacial score (nSPS) is 14.6. The van der Waals surface area contributed by atoms with Crippen molar-refractivity contribution in [2.75, 3.05) is 10.8 Å². The van der Waals surface area contributed by atoms with Crippen LogP contribution in [-0.4, -0.2) is 15.3 Å². The van der Waals surface area contributed by atoms with Gasteiger partial charge >= 0.3 is 0 Å². The Balaban J connectivity index is 1.85. The van der Waals surface area contributed by atoms with Gasteiger partial charge in [0.25, 0.3) is 0 Å². The number of thioether (sulfide) groups is 1. The summed E-state index contributed by atoms with van der Waals surface area (Å²) in [4.78, 5) is 7.09. The number of aryl methyl sites for hydroxylation is 2. The summed E-state index contributed by atoms with van der Waals surface area (Å²) in [6.07, 6.45) is 2.08. The molecule has 0 radical (unpaired) electrons. The average molecular weight is 386 g/mol. The van der Waals surface area contributed by atoms with Crippen molar-refractivity contribution in [2.24, 2.45) is 0 Å². The van der Waals surface area contributed by atoms with E-state index in [2.05, 4.69) is 74.9 Å². The molecule has 23 heavy (non-hydrogen) atoms. The molecule has 0 atom stereocenters. The van der Waals surface area contributed by atoms with E-state index in [0.717, 1.165) is 27.4 Å². The standard InChI is InChI=1S/C18H16BrN3S/c1-12-5-7-14(8-6-12)22-11-23-10-16(22)17-13(2)20-18-15(19)4-3-9-21(17)18/h3-10H,11H2,1-2H3. The summed E-state index contributed by atoms with van der Waals surface area (Å²) in [5.41, 5.74) is 6.87. The molecule has 5 heteroatoms. The Bertz CT molecular complexity index is 912. The Morgan fingerprint density at radius 2 is 1.91 bits per heavy atom. The zero-order valence-corrected chi connectivity index (χ0v) is 15.4. The molecule has 2 aromatic heterocycles. The average Bonchev–Trinajstić information content (AvgIpc) is 3.12. The number of fused-ring (bicyclic) bond motifs is 1. The molecule has 0 spiro atoms. The van der Waals surface area contributed by atoms with Crippen LogP contribution >= 0.6 is 27.7 Å². The first-order valence-electron chi connectivity index (χ1n) is 7.44. The third-order valence-electron chi connectivity index (χ3n) is 4.05. The Hall–Kier alpha value is -1.72. The molecule has 0 saturated heterocycles. The van der Waals surface area contributed by atoms with E-state index in [4.69, 9.17) is 4.98 Å². The largest absolute Gasteiger partial charge is 0.329 e. The molecule has 0 bridgehead atoms. The van der Waals surface area contributed by atoms with Crippen molar-refractivity contribution in [3.05, 3.63) is 69.4 Å². The van der Waals surface area contributed by atoms with Crippen LogP contribution in [0.4, 0.5) is 5.69 Å². The van der Waals surface area contributed by atoms with Gasteiger partial charge in [-0.2, -0.15) is 0 Å². The third-order valence-corrected chi connectivity index (χ3v) is 5.47. The second kappa shape index (κ2) is 5.73. The number of aromatic nitrogens is 2. The first-order valence-corrected chi connectivity index (χ1v) is 9.29. The molecule has 3 heterocycles. The topological polar surface area (TPSA) is 20.5 Å². The van der Waals surface area contributed by atoms with Gasteiger partial charge in [-0.25, -0.2) is 4.98 Å². The van der Waals surface area contributed by atoms with Crippen molar-refractivity contribution < 1.29 is 0 Å². The van der Waals surface area contributed by atoms with E-state index in [1.807, 2.05) is 23.9 Å². The van der Waals surface area contributed by atoms with Crippen LogP contribution in [0.25, 0.3) is 11.3 Å². The second-order valence-electron chi connectivity index (χ2n) is 5.66. The number of hydrogen-bond donors (Lipinski definition) is 0. The van der Waals surface area contributed by atoms with Gasteiger partial charge in [0, 0.05) is 11.9 Å². The molecule has 1 aliphatic heterocycles. The minimum atomic E-state index is 0.930. The van der Waals surface area contributed by atoms with Gasteiger partial charge in [-0.3, -0.25) is 4.40 Å². The minimum absolute atomic E-state index is 0.930. The van der Waals surface area contributed by atoms with E-state index in [1.165, 1.54) is 16.9 Å². The maximum atomic E-state index is 4.74. The quantitative estimate of drug-likeness (QED) is 0.602. The lowest BCUT2D eigenvalue weighted by molar-refractivity contribution is 1.10. The van der Waals surface area contributed by atoms with E-state index >= 15 is 0 Å². The van der Waals surface area contributed by atoms with E-state index < -0.39 is 0 Å². The molecule has 0 unspecified atom stereocenters. The van der Waals surface area contributed by atoms with E-state index in [9.17, 15) is 0 Å². The monoisotopic (exact) mass is 385 g/mol. The van der Waals surface area contributed by atoms with Crippen LogP contribution in [0, 0.1) is 13.8 Å². The van der Waals surface area contributed by atoms with E-state index in [-0.39, 0.29) is 0 Å². The summed E-state index contributed by atoms with van der Waals surface area (Å²) in [6, 6.07) is 12.8. The number of hydrogen-bond acceptors (Lipinski definition) is 3. The van der Waals surface area contributed by atoms with Crippen molar-refractivity contribution in [1.82, 2.24) is 9.38 Å². The molecule has 0 saturated carbocycles. The van der Waals surface area contributed by atoms with Crippen molar-refractivity contribution in [1.29, 1.82) is 0 Å². The Morgan fingerprint density at radius 3 is 2.70 bits per heavy atom. The van der Waals surface area contributed by atoms with Crippen LogP contribution in [0.1, 0.15) is 17.0 Å². The smallest absolute Gasteiger partial charge is 0.151 e. The van der Waals surface area contributed by atoms with E-state index in [0.29, 0.717) is 0 Å². The molecule has 0 fully saturated rings. The molecule has 3 nitrogen and oxygen atoms in total. The van der Waals surface area contributed by atoms with Gasteiger partial charge in [-0.15, -0.1) is 11.8 Å². The van der Waals surface area contributed by atoms with Crippen LogP contribution in [-0.2, 0) is 0 Å². The fourth-order valence-electron chi connectivity index (χ4n) is 2.90. The molecule has 0 aliphatic carbocycles. The summed E-state index contributed by atoms with van der Waals surface area (Å²) >= 11 is 5.42. The lowest BCUT2D eigenvalue weighted by Gasteiger charge is -2.22. The lowest BCUT2D eigenvalue weighted by Crippen LogP contribution is -2.18. The van der Waals surface area contributed by atoms with Crippen LogP contribution in [0.15, 0.2) is 52.5 Å². The molecule has 3 aromatic rings. The molecule has 1 aromatic carbocycles.